The number of hydrogen-bond donors (Lipinski definition) is 1. The van der Waals surface area contributed by atoms with Crippen LogP contribution in [0.2, 0.25) is 0 Å². The molecule has 0 bridgehead atoms. The van der Waals surface area contributed by atoms with Crippen LogP contribution in [0.1, 0.15) is 27.2 Å². The maximum Gasteiger partial charge on any atom is 0.239 e. The predicted molar refractivity (Wildman–Crippen MR) is 64.8 cm³/mol. The van der Waals surface area contributed by atoms with E-state index in [1.54, 1.807) is 0 Å². The van der Waals surface area contributed by atoms with Crippen molar-refractivity contribution < 1.29 is 14.3 Å². The fourth-order valence-electron chi connectivity index (χ4n) is 2.08. The summed E-state index contributed by atoms with van der Waals surface area (Å²) in [6, 6.07) is -0.550. The number of Topliss-reactive ketones (excluding diaryl/α,β-unsaturated/α-hetero) is 1. The molecule has 1 heterocycles. The van der Waals surface area contributed by atoms with Crippen molar-refractivity contribution in [1.29, 1.82) is 0 Å². The fraction of sp³-hybridized carbons (Fsp3) is 0.833. The Bertz CT molecular complexity index is 281. The molecule has 1 rings (SSSR count). The highest BCUT2D eigenvalue weighted by molar-refractivity contribution is 5.86. The van der Waals surface area contributed by atoms with Gasteiger partial charge in [0.1, 0.15) is 11.8 Å². The normalized spacial score (nSPS) is 23.1. The van der Waals surface area contributed by atoms with Crippen LogP contribution in [0.25, 0.3) is 0 Å². The molecular formula is C12H22N2O3. The van der Waals surface area contributed by atoms with Crippen LogP contribution in [0, 0.1) is 0 Å². The molecule has 0 radical (unpaired) electrons. The molecule has 1 saturated heterocycles. The summed E-state index contributed by atoms with van der Waals surface area (Å²) in [6.45, 7) is 7.77. The molecule has 1 aliphatic rings. The van der Waals surface area contributed by atoms with Gasteiger partial charge >= 0.3 is 0 Å². The number of ether oxygens (including phenoxy) is 1. The second kappa shape index (κ2) is 6.71. The minimum absolute atomic E-state index is 0.0528. The van der Waals surface area contributed by atoms with Crippen LogP contribution >= 0.6 is 0 Å². The van der Waals surface area contributed by atoms with Gasteiger partial charge in [-0.2, -0.15) is 0 Å². The van der Waals surface area contributed by atoms with Gasteiger partial charge in [0.25, 0.3) is 0 Å². The van der Waals surface area contributed by atoms with E-state index < -0.39 is 0 Å². The smallest absolute Gasteiger partial charge is 0.239 e. The third kappa shape index (κ3) is 3.51. The summed E-state index contributed by atoms with van der Waals surface area (Å²) in [6.07, 6.45) is 0.501. The van der Waals surface area contributed by atoms with E-state index in [1.165, 1.54) is 0 Å². The van der Waals surface area contributed by atoms with Gasteiger partial charge in [-0.1, -0.05) is 6.92 Å². The van der Waals surface area contributed by atoms with Crippen LogP contribution in [0.5, 0.6) is 0 Å². The summed E-state index contributed by atoms with van der Waals surface area (Å²) in [7, 11) is 0. The maximum atomic E-state index is 11.9. The number of carbonyl (C=O) groups excluding carboxylic acids is 2. The molecule has 1 fully saturated rings. The van der Waals surface area contributed by atoms with Gasteiger partial charge in [-0.3, -0.25) is 14.5 Å². The quantitative estimate of drug-likeness (QED) is 0.748. The molecule has 5 heteroatoms. The number of ketones is 1. The molecule has 98 valence electrons. The molecule has 1 aliphatic heterocycles. The van der Waals surface area contributed by atoms with Crippen LogP contribution in [0.15, 0.2) is 0 Å². The highest BCUT2D eigenvalue weighted by Crippen LogP contribution is 2.13. The number of nitrogens with one attached hydrogen (secondary N) is 1. The van der Waals surface area contributed by atoms with Crippen molar-refractivity contribution in [3.8, 4) is 0 Å². The van der Waals surface area contributed by atoms with Crippen LogP contribution in [0.3, 0.4) is 0 Å². The first-order chi connectivity index (χ1) is 8.11. The molecule has 0 aromatic rings. The zero-order chi connectivity index (χ0) is 12.8. The average molecular weight is 242 g/mol. The number of rotatable bonds is 5. The third-order valence-corrected chi connectivity index (χ3v) is 3.14. The van der Waals surface area contributed by atoms with E-state index in [9.17, 15) is 9.59 Å². The topological polar surface area (TPSA) is 58.6 Å². The Morgan fingerprint density at radius 3 is 2.76 bits per heavy atom. The van der Waals surface area contributed by atoms with Gasteiger partial charge in [0.05, 0.1) is 19.3 Å². The van der Waals surface area contributed by atoms with Gasteiger partial charge in [-0.25, -0.2) is 0 Å². The second-order valence-corrected chi connectivity index (χ2v) is 4.22. The Labute approximate surface area is 102 Å². The maximum absolute atomic E-state index is 11.9. The van der Waals surface area contributed by atoms with E-state index in [0.29, 0.717) is 32.7 Å². The lowest BCUT2D eigenvalue weighted by molar-refractivity contribution is -0.138. The lowest BCUT2D eigenvalue weighted by Crippen LogP contribution is -2.58. The van der Waals surface area contributed by atoms with Crippen molar-refractivity contribution in [1.82, 2.24) is 10.2 Å². The highest BCUT2D eigenvalue weighted by atomic mass is 16.5. The van der Waals surface area contributed by atoms with Crippen molar-refractivity contribution in [3.63, 3.8) is 0 Å². The van der Waals surface area contributed by atoms with Crippen molar-refractivity contribution >= 4 is 11.7 Å². The standard InChI is InChI=1S/C12H22N2O3/c1-4-11(15)9(3)14-6-7-17-8-10(14)12(16)13-5-2/h9-10H,4-8H2,1-3H3,(H,13,16). The van der Waals surface area contributed by atoms with E-state index in [-0.39, 0.29) is 23.8 Å². The molecule has 1 N–H and O–H groups in total. The first-order valence-corrected chi connectivity index (χ1v) is 6.25. The van der Waals surface area contributed by atoms with E-state index >= 15 is 0 Å². The van der Waals surface area contributed by atoms with Crippen LogP contribution in [0.4, 0.5) is 0 Å². The van der Waals surface area contributed by atoms with Crippen molar-refractivity contribution in [2.75, 3.05) is 26.3 Å². The SMILES string of the molecule is CCNC(=O)C1COCCN1C(C)C(=O)CC. The number of amides is 1. The molecule has 0 aliphatic carbocycles. The Morgan fingerprint density at radius 1 is 1.47 bits per heavy atom. The van der Waals surface area contributed by atoms with Crippen molar-refractivity contribution in [2.45, 2.75) is 39.3 Å². The van der Waals surface area contributed by atoms with Gasteiger partial charge < -0.3 is 10.1 Å². The monoisotopic (exact) mass is 242 g/mol. The Balaban J connectivity index is 2.71. The largest absolute Gasteiger partial charge is 0.378 e. The van der Waals surface area contributed by atoms with Gasteiger partial charge in [0.2, 0.25) is 5.91 Å². The van der Waals surface area contributed by atoms with Crippen LogP contribution in [-0.2, 0) is 14.3 Å². The number of likely N-dealkylation sites (N-methyl/N-ethyl adjacent to an activating group) is 1. The summed E-state index contributed by atoms with van der Waals surface area (Å²) in [5, 5.41) is 2.79. The highest BCUT2D eigenvalue weighted by Gasteiger charge is 2.34. The zero-order valence-corrected chi connectivity index (χ0v) is 10.9. The molecule has 0 spiro atoms. The Morgan fingerprint density at radius 2 is 2.18 bits per heavy atom. The summed E-state index contributed by atoms with van der Waals surface area (Å²) >= 11 is 0. The predicted octanol–water partition coefficient (Wildman–Crippen LogP) is 0.191. The Hall–Kier alpha value is -0.940. The molecule has 1 amide bonds. The van der Waals surface area contributed by atoms with Gasteiger partial charge in [0.15, 0.2) is 0 Å². The molecule has 0 saturated carbocycles. The number of morpholine rings is 1. The lowest BCUT2D eigenvalue weighted by atomic mass is 10.1. The molecule has 5 nitrogen and oxygen atoms in total. The molecule has 0 aromatic heterocycles. The number of carbonyl (C=O) groups is 2. The van der Waals surface area contributed by atoms with Gasteiger partial charge in [-0.15, -0.1) is 0 Å². The van der Waals surface area contributed by atoms with Crippen LogP contribution in [-0.4, -0.2) is 55.0 Å². The number of hydrogen-bond acceptors (Lipinski definition) is 4. The second-order valence-electron chi connectivity index (χ2n) is 4.22. The first-order valence-electron chi connectivity index (χ1n) is 6.25. The Kier molecular flexibility index (Phi) is 5.58. The van der Waals surface area contributed by atoms with Gasteiger partial charge in [0, 0.05) is 19.5 Å². The lowest BCUT2D eigenvalue weighted by Gasteiger charge is -2.37. The molecule has 0 aromatic carbocycles. The zero-order valence-electron chi connectivity index (χ0n) is 10.9. The third-order valence-electron chi connectivity index (χ3n) is 3.14. The minimum Gasteiger partial charge on any atom is -0.378 e. The van der Waals surface area contributed by atoms with E-state index in [2.05, 4.69) is 5.32 Å². The van der Waals surface area contributed by atoms with E-state index in [1.807, 2.05) is 25.7 Å². The number of nitrogens with zero attached hydrogens (tertiary/aromatic N) is 1. The summed E-state index contributed by atoms with van der Waals surface area (Å²) < 4.78 is 5.33. The summed E-state index contributed by atoms with van der Waals surface area (Å²) in [5.74, 6) is 0.115. The summed E-state index contributed by atoms with van der Waals surface area (Å²) in [5.41, 5.74) is 0. The molecule has 2 unspecified atom stereocenters. The molecule has 17 heavy (non-hydrogen) atoms. The first kappa shape index (κ1) is 14.1. The van der Waals surface area contributed by atoms with Crippen molar-refractivity contribution in [3.05, 3.63) is 0 Å². The molecule has 2 atom stereocenters. The van der Waals surface area contributed by atoms with Crippen molar-refractivity contribution in [2.24, 2.45) is 0 Å². The summed E-state index contributed by atoms with van der Waals surface area (Å²) in [4.78, 5) is 25.5. The molecular weight excluding hydrogens is 220 g/mol. The van der Waals surface area contributed by atoms with E-state index in [4.69, 9.17) is 4.74 Å². The van der Waals surface area contributed by atoms with Crippen LogP contribution < -0.4 is 5.32 Å². The average Bonchev–Trinajstić information content (AvgIpc) is 2.37. The fourth-order valence-corrected chi connectivity index (χ4v) is 2.08. The van der Waals surface area contributed by atoms with Gasteiger partial charge in [-0.05, 0) is 13.8 Å². The van der Waals surface area contributed by atoms with E-state index in [0.717, 1.165) is 0 Å². The minimum atomic E-state index is -0.339.